The number of aromatic nitrogens is 2. The zero-order chi connectivity index (χ0) is 13.8. The minimum absolute atomic E-state index is 0.187. The second-order valence-corrected chi connectivity index (χ2v) is 5.82. The Bertz CT molecular complexity index is 578. The van der Waals surface area contributed by atoms with Crippen molar-refractivity contribution in [1.29, 1.82) is 0 Å². The molecule has 0 N–H and O–H groups in total. The van der Waals surface area contributed by atoms with Crippen LogP contribution in [0.4, 0.5) is 0 Å². The summed E-state index contributed by atoms with van der Waals surface area (Å²) in [5, 5.41) is 0. The number of hydrogen-bond donors (Lipinski definition) is 0. The molecule has 0 spiro atoms. The molecule has 0 aliphatic carbocycles. The van der Waals surface area contributed by atoms with E-state index in [1.807, 2.05) is 23.1 Å². The second-order valence-electron chi connectivity index (χ2n) is 4.66. The van der Waals surface area contributed by atoms with Crippen molar-refractivity contribution >= 4 is 17.7 Å². The highest BCUT2D eigenvalue weighted by Crippen LogP contribution is 2.22. The smallest absolute Gasteiger partial charge is 0.224 e. The summed E-state index contributed by atoms with van der Waals surface area (Å²) >= 11 is 1.72. The van der Waals surface area contributed by atoms with Crippen LogP contribution in [0.5, 0.6) is 0 Å². The molecule has 1 amide bonds. The van der Waals surface area contributed by atoms with E-state index >= 15 is 0 Å². The average Bonchev–Trinajstić information content (AvgIpc) is 2.92. The molecule has 1 aromatic heterocycles. The van der Waals surface area contributed by atoms with E-state index in [0.717, 1.165) is 17.0 Å². The van der Waals surface area contributed by atoms with Gasteiger partial charge in [-0.15, -0.1) is 11.8 Å². The monoisotopic (exact) mass is 285 g/mol. The van der Waals surface area contributed by atoms with Gasteiger partial charge >= 0.3 is 0 Å². The lowest BCUT2D eigenvalue weighted by Gasteiger charge is -2.14. The third-order valence-electron chi connectivity index (χ3n) is 3.26. The van der Waals surface area contributed by atoms with Gasteiger partial charge in [-0.1, -0.05) is 18.2 Å². The van der Waals surface area contributed by atoms with Crippen LogP contribution in [0.15, 0.2) is 47.8 Å². The Morgan fingerprint density at radius 1 is 1.25 bits per heavy atom. The van der Waals surface area contributed by atoms with E-state index in [-0.39, 0.29) is 5.91 Å². The minimum atomic E-state index is 0.187. The van der Waals surface area contributed by atoms with Crippen LogP contribution >= 0.6 is 11.8 Å². The third kappa shape index (κ3) is 2.99. The number of nitrogens with zero attached hydrogens (tertiary/aromatic N) is 3. The fourth-order valence-corrected chi connectivity index (χ4v) is 3.07. The molecule has 1 aliphatic heterocycles. The van der Waals surface area contributed by atoms with Gasteiger partial charge < -0.3 is 4.90 Å². The number of hydrogen-bond acceptors (Lipinski definition) is 4. The van der Waals surface area contributed by atoms with Crippen molar-refractivity contribution in [2.24, 2.45) is 0 Å². The van der Waals surface area contributed by atoms with Crippen molar-refractivity contribution in [2.75, 3.05) is 5.75 Å². The van der Waals surface area contributed by atoms with Gasteiger partial charge in [0.15, 0.2) is 0 Å². The SMILES string of the molecule is O=C(CCSc1ccccc1)N1Cc2cncnc2C1. The number of carbonyl (C=O) groups excluding carboxylic acids is 1. The molecule has 3 rings (SSSR count). The van der Waals surface area contributed by atoms with Gasteiger partial charge in [0, 0.05) is 35.4 Å². The Hall–Kier alpha value is -1.88. The molecule has 0 radical (unpaired) electrons. The molecule has 0 fully saturated rings. The van der Waals surface area contributed by atoms with Crippen LogP contribution < -0.4 is 0 Å². The van der Waals surface area contributed by atoms with Crippen LogP contribution in [0.2, 0.25) is 0 Å². The van der Waals surface area contributed by atoms with Gasteiger partial charge in [0.2, 0.25) is 5.91 Å². The Kier molecular flexibility index (Phi) is 3.97. The van der Waals surface area contributed by atoms with Gasteiger partial charge in [-0.25, -0.2) is 9.97 Å². The van der Waals surface area contributed by atoms with Crippen LogP contribution in [-0.4, -0.2) is 26.5 Å². The summed E-state index contributed by atoms with van der Waals surface area (Å²) in [5.74, 6) is 0.993. The maximum absolute atomic E-state index is 12.2. The molecule has 4 nitrogen and oxygen atoms in total. The minimum Gasteiger partial charge on any atom is -0.332 e. The van der Waals surface area contributed by atoms with Crippen molar-refractivity contribution in [3.8, 4) is 0 Å². The molecule has 2 heterocycles. The molecule has 102 valence electrons. The van der Waals surface area contributed by atoms with E-state index in [0.29, 0.717) is 19.5 Å². The van der Waals surface area contributed by atoms with Gasteiger partial charge in [0.25, 0.3) is 0 Å². The number of carbonyl (C=O) groups is 1. The van der Waals surface area contributed by atoms with E-state index in [4.69, 9.17) is 0 Å². The largest absolute Gasteiger partial charge is 0.332 e. The normalized spacial score (nSPS) is 13.3. The molecule has 1 aliphatic rings. The maximum Gasteiger partial charge on any atom is 0.224 e. The maximum atomic E-state index is 12.2. The molecular formula is C15H15N3OS. The molecule has 20 heavy (non-hydrogen) atoms. The van der Waals surface area contributed by atoms with Gasteiger partial charge in [0.1, 0.15) is 6.33 Å². The van der Waals surface area contributed by atoms with Crippen LogP contribution in [0.3, 0.4) is 0 Å². The summed E-state index contributed by atoms with van der Waals surface area (Å²) in [6, 6.07) is 10.2. The van der Waals surface area contributed by atoms with Gasteiger partial charge in [-0.05, 0) is 12.1 Å². The molecule has 0 unspecified atom stereocenters. The average molecular weight is 285 g/mol. The lowest BCUT2D eigenvalue weighted by Crippen LogP contribution is -2.25. The second kappa shape index (κ2) is 6.05. The van der Waals surface area contributed by atoms with Gasteiger partial charge in [-0.2, -0.15) is 0 Å². The van der Waals surface area contributed by atoms with Crippen LogP contribution in [-0.2, 0) is 17.9 Å². The molecule has 0 bridgehead atoms. The molecular weight excluding hydrogens is 270 g/mol. The van der Waals surface area contributed by atoms with Crippen molar-refractivity contribution in [1.82, 2.24) is 14.9 Å². The predicted octanol–water partition coefficient (Wildman–Crippen LogP) is 2.50. The van der Waals surface area contributed by atoms with Crippen LogP contribution in [0, 0.1) is 0 Å². The molecule has 0 saturated heterocycles. The molecule has 0 atom stereocenters. The lowest BCUT2D eigenvalue weighted by atomic mass is 10.3. The first-order valence-corrected chi connectivity index (χ1v) is 7.55. The van der Waals surface area contributed by atoms with Crippen LogP contribution in [0.1, 0.15) is 17.7 Å². The number of fused-ring (bicyclic) bond motifs is 1. The quantitative estimate of drug-likeness (QED) is 0.810. The van der Waals surface area contributed by atoms with Gasteiger partial charge in [-0.3, -0.25) is 4.79 Å². The van der Waals surface area contributed by atoms with Gasteiger partial charge in [0.05, 0.1) is 12.2 Å². The van der Waals surface area contributed by atoms with Crippen molar-refractivity contribution in [2.45, 2.75) is 24.4 Å². The number of amides is 1. The van der Waals surface area contributed by atoms with E-state index in [9.17, 15) is 4.79 Å². The zero-order valence-corrected chi connectivity index (χ0v) is 11.8. The highest BCUT2D eigenvalue weighted by molar-refractivity contribution is 7.99. The third-order valence-corrected chi connectivity index (χ3v) is 4.28. The Labute approximate surface area is 122 Å². The highest BCUT2D eigenvalue weighted by Gasteiger charge is 2.23. The molecule has 5 heteroatoms. The van der Waals surface area contributed by atoms with Crippen molar-refractivity contribution < 1.29 is 4.79 Å². The van der Waals surface area contributed by atoms with E-state index in [1.165, 1.54) is 11.2 Å². The Morgan fingerprint density at radius 2 is 2.10 bits per heavy atom. The zero-order valence-electron chi connectivity index (χ0n) is 11.0. The topological polar surface area (TPSA) is 46.1 Å². The highest BCUT2D eigenvalue weighted by atomic mass is 32.2. The molecule has 0 saturated carbocycles. The van der Waals surface area contributed by atoms with E-state index < -0.39 is 0 Å². The Balaban J connectivity index is 1.49. The fraction of sp³-hybridized carbons (Fsp3) is 0.267. The standard InChI is InChI=1S/C15H15N3OS/c19-15(6-7-20-13-4-2-1-3-5-13)18-9-12-8-16-11-17-14(12)10-18/h1-5,8,11H,6-7,9-10H2. The summed E-state index contributed by atoms with van der Waals surface area (Å²) in [7, 11) is 0. The lowest BCUT2D eigenvalue weighted by molar-refractivity contribution is -0.131. The van der Waals surface area contributed by atoms with Crippen molar-refractivity contribution in [3.05, 3.63) is 54.1 Å². The van der Waals surface area contributed by atoms with E-state index in [1.54, 1.807) is 18.0 Å². The molecule has 2 aromatic rings. The summed E-state index contributed by atoms with van der Waals surface area (Å²) in [6.07, 6.45) is 3.90. The first kappa shape index (κ1) is 13.1. The first-order chi connectivity index (χ1) is 9.83. The van der Waals surface area contributed by atoms with Crippen LogP contribution in [0.25, 0.3) is 0 Å². The molecule has 1 aromatic carbocycles. The summed E-state index contributed by atoms with van der Waals surface area (Å²) < 4.78 is 0. The number of rotatable bonds is 4. The predicted molar refractivity (Wildman–Crippen MR) is 78.1 cm³/mol. The number of thioether (sulfide) groups is 1. The first-order valence-electron chi connectivity index (χ1n) is 6.56. The summed E-state index contributed by atoms with van der Waals surface area (Å²) in [4.78, 5) is 23.4. The summed E-state index contributed by atoms with van der Waals surface area (Å²) in [5.41, 5.74) is 2.04. The van der Waals surface area contributed by atoms with E-state index in [2.05, 4.69) is 22.1 Å². The Morgan fingerprint density at radius 3 is 2.90 bits per heavy atom. The van der Waals surface area contributed by atoms with Crippen molar-refractivity contribution in [3.63, 3.8) is 0 Å². The summed E-state index contributed by atoms with van der Waals surface area (Å²) in [6.45, 7) is 1.26. The fourth-order valence-electron chi connectivity index (χ4n) is 2.21. The number of benzene rings is 1.